The van der Waals surface area contributed by atoms with Crippen LogP contribution in [-0.4, -0.2) is 74.9 Å². The maximum absolute atomic E-state index is 12.7. The van der Waals surface area contributed by atoms with Gasteiger partial charge in [-0.05, 0) is 57.8 Å². The number of hydrogen-bond donors (Lipinski definition) is 1. The molecule has 0 amide bonds. The molecule has 1 unspecified atom stereocenters. The van der Waals surface area contributed by atoms with Crippen molar-refractivity contribution in [1.82, 2.24) is 0 Å². The van der Waals surface area contributed by atoms with Crippen molar-refractivity contribution in [3.8, 4) is 0 Å². The molecule has 0 spiro atoms. The molecule has 360 valence electrons. The summed E-state index contributed by atoms with van der Waals surface area (Å²) in [5, 5.41) is 0. The molecule has 1 N–H and O–H groups in total. The van der Waals surface area contributed by atoms with Gasteiger partial charge < -0.3 is 18.9 Å². The van der Waals surface area contributed by atoms with Crippen molar-refractivity contribution in [2.75, 3.05) is 47.5 Å². The van der Waals surface area contributed by atoms with Crippen LogP contribution in [-0.2, 0) is 32.7 Å². The molecule has 0 aromatic heterocycles. The summed E-state index contributed by atoms with van der Waals surface area (Å²) in [6.07, 6.45) is 54.2. The van der Waals surface area contributed by atoms with Crippen molar-refractivity contribution < 1.29 is 42.1 Å². The lowest BCUT2D eigenvalue weighted by molar-refractivity contribution is -0.870. The van der Waals surface area contributed by atoms with Gasteiger partial charge in [0.1, 0.15) is 19.8 Å². The van der Waals surface area contributed by atoms with E-state index in [9.17, 15) is 19.0 Å². The first-order valence-electron chi connectivity index (χ1n) is 25.0. The molecule has 0 saturated carbocycles. The average Bonchev–Trinajstić information content (AvgIpc) is 3.23. The molecule has 2 atom stereocenters. The second-order valence-corrected chi connectivity index (χ2v) is 19.3. The number of carbonyl (C=O) groups is 2. The van der Waals surface area contributed by atoms with E-state index in [2.05, 4.69) is 74.6 Å². The van der Waals surface area contributed by atoms with Crippen LogP contribution in [0.15, 0.2) is 60.8 Å². The van der Waals surface area contributed by atoms with Crippen LogP contribution in [0.25, 0.3) is 0 Å². The molecular formula is C52H95NO8P+. The summed E-state index contributed by atoms with van der Waals surface area (Å²) < 4.78 is 34.4. The highest BCUT2D eigenvalue weighted by atomic mass is 31.2. The summed E-state index contributed by atoms with van der Waals surface area (Å²) in [4.78, 5) is 35.5. The van der Waals surface area contributed by atoms with Crippen LogP contribution in [0.4, 0.5) is 0 Å². The molecule has 0 radical (unpaired) electrons. The van der Waals surface area contributed by atoms with E-state index in [1.807, 2.05) is 21.1 Å². The first kappa shape index (κ1) is 59.7. The number of carbonyl (C=O) groups excluding carboxylic acids is 2. The van der Waals surface area contributed by atoms with Gasteiger partial charge in [-0.2, -0.15) is 0 Å². The Labute approximate surface area is 381 Å². The fourth-order valence-corrected chi connectivity index (χ4v) is 7.43. The highest BCUT2D eigenvalue weighted by Gasteiger charge is 2.27. The van der Waals surface area contributed by atoms with Gasteiger partial charge in [-0.25, -0.2) is 4.57 Å². The lowest BCUT2D eigenvalue weighted by Gasteiger charge is -2.24. The Hall–Kier alpha value is -2.29. The zero-order valence-corrected chi connectivity index (χ0v) is 41.5. The number of unbranched alkanes of at least 4 members (excludes halogenated alkanes) is 21. The van der Waals surface area contributed by atoms with E-state index in [0.29, 0.717) is 17.4 Å². The molecule has 0 aromatic carbocycles. The number of likely N-dealkylation sites (N-methyl/N-ethyl adjacent to an activating group) is 1. The highest BCUT2D eigenvalue weighted by molar-refractivity contribution is 7.47. The molecular weight excluding hydrogens is 798 g/mol. The molecule has 0 aliphatic rings. The van der Waals surface area contributed by atoms with Crippen molar-refractivity contribution in [2.24, 2.45) is 0 Å². The fourth-order valence-electron chi connectivity index (χ4n) is 6.69. The van der Waals surface area contributed by atoms with Gasteiger partial charge in [-0.1, -0.05) is 197 Å². The number of allylic oxidation sites excluding steroid dienone is 10. The third kappa shape index (κ3) is 47.2. The molecule has 0 fully saturated rings. The Morgan fingerprint density at radius 2 is 0.919 bits per heavy atom. The van der Waals surface area contributed by atoms with Crippen LogP contribution in [0, 0.1) is 0 Å². The molecule has 0 heterocycles. The standard InChI is InChI=1S/C52H94NO8P/c1-6-8-10-12-14-16-18-20-22-24-26-28-30-32-34-36-38-40-42-44-51(54)58-48-50(49-60-62(56,57)59-47-46-53(3,4)5)61-52(55)45-43-41-39-37-35-33-31-29-27-25-23-21-19-17-15-13-11-9-7-2/h9,11,15,17,21,23,27,29,33,35,50H,6-8,10,12-14,16,18-20,22,24-26,28,30-32,34,36-49H2,1-5H3/p+1/b11-9+,17-15+,23-21+,29-27+,35-33+/t50-/m1/s1. The summed E-state index contributed by atoms with van der Waals surface area (Å²) in [7, 11) is 1.45. The van der Waals surface area contributed by atoms with Gasteiger partial charge >= 0.3 is 19.8 Å². The first-order valence-corrected chi connectivity index (χ1v) is 26.5. The molecule has 0 saturated heterocycles. The Morgan fingerprint density at radius 1 is 0.516 bits per heavy atom. The van der Waals surface area contributed by atoms with Gasteiger partial charge in [0.25, 0.3) is 0 Å². The van der Waals surface area contributed by atoms with E-state index in [-0.39, 0.29) is 32.0 Å². The zero-order chi connectivity index (χ0) is 45.7. The van der Waals surface area contributed by atoms with Crippen LogP contribution in [0.5, 0.6) is 0 Å². The van der Waals surface area contributed by atoms with Crippen molar-refractivity contribution in [3.05, 3.63) is 60.8 Å². The largest absolute Gasteiger partial charge is 0.472 e. The lowest BCUT2D eigenvalue weighted by Crippen LogP contribution is -2.37. The highest BCUT2D eigenvalue weighted by Crippen LogP contribution is 2.43. The van der Waals surface area contributed by atoms with E-state index >= 15 is 0 Å². The Morgan fingerprint density at radius 3 is 1.37 bits per heavy atom. The first-order chi connectivity index (χ1) is 30.0. The number of quaternary nitrogens is 1. The van der Waals surface area contributed by atoms with E-state index in [4.69, 9.17) is 18.5 Å². The predicted molar refractivity (Wildman–Crippen MR) is 261 cm³/mol. The summed E-state index contributed by atoms with van der Waals surface area (Å²) >= 11 is 0. The second kappa shape index (κ2) is 43.9. The quantitative estimate of drug-likeness (QED) is 0.0212. The van der Waals surface area contributed by atoms with Crippen LogP contribution in [0.1, 0.15) is 206 Å². The number of rotatable bonds is 45. The van der Waals surface area contributed by atoms with Crippen molar-refractivity contribution >= 4 is 19.8 Å². The normalized spacial score (nSPS) is 14.0. The minimum Gasteiger partial charge on any atom is -0.462 e. The minimum atomic E-state index is -4.39. The number of nitrogens with zero attached hydrogens (tertiary/aromatic N) is 1. The smallest absolute Gasteiger partial charge is 0.462 e. The summed E-state index contributed by atoms with van der Waals surface area (Å²) in [5.41, 5.74) is 0. The number of phosphoric ester groups is 1. The van der Waals surface area contributed by atoms with Crippen molar-refractivity contribution in [2.45, 2.75) is 213 Å². The van der Waals surface area contributed by atoms with Crippen molar-refractivity contribution in [1.29, 1.82) is 0 Å². The van der Waals surface area contributed by atoms with Crippen molar-refractivity contribution in [3.63, 3.8) is 0 Å². The Bertz CT molecular complexity index is 1240. The average molecular weight is 893 g/mol. The molecule has 10 heteroatoms. The number of ether oxygens (including phenoxy) is 2. The maximum Gasteiger partial charge on any atom is 0.472 e. The molecule has 9 nitrogen and oxygen atoms in total. The van der Waals surface area contributed by atoms with Gasteiger partial charge in [0, 0.05) is 12.8 Å². The van der Waals surface area contributed by atoms with E-state index < -0.39 is 26.5 Å². The number of hydrogen-bond acceptors (Lipinski definition) is 7. The number of esters is 2. The van der Waals surface area contributed by atoms with Gasteiger partial charge in [0.2, 0.25) is 0 Å². The third-order valence-corrected chi connectivity index (χ3v) is 11.5. The zero-order valence-electron chi connectivity index (χ0n) is 40.6. The topological polar surface area (TPSA) is 108 Å². The maximum atomic E-state index is 12.7. The van der Waals surface area contributed by atoms with E-state index in [0.717, 1.165) is 70.6 Å². The summed E-state index contributed by atoms with van der Waals surface area (Å²) in [6, 6.07) is 0. The fraction of sp³-hybridized carbons (Fsp3) is 0.769. The molecule has 0 aliphatic heterocycles. The van der Waals surface area contributed by atoms with Crippen LogP contribution < -0.4 is 0 Å². The van der Waals surface area contributed by atoms with Gasteiger partial charge in [-0.3, -0.25) is 18.6 Å². The molecule has 0 rings (SSSR count). The predicted octanol–water partition coefficient (Wildman–Crippen LogP) is 14.8. The minimum absolute atomic E-state index is 0.0236. The molecule has 62 heavy (non-hydrogen) atoms. The lowest BCUT2D eigenvalue weighted by atomic mass is 10.0. The van der Waals surface area contributed by atoms with E-state index in [1.165, 1.54) is 103 Å². The van der Waals surface area contributed by atoms with Gasteiger partial charge in [0.15, 0.2) is 6.10 Å². The Balaban J connectivity index is 4.33. The Kier molecular flexibility index (Phi) is 42.3. The summed E-state index contributed by atoms with van der Waals surface area (Å²) in [6.45, 7) is 4.29. The molecule has 0 aliphatic carbocycles. The molecule has 0 aromatic rings. The van der Waals surface area contributed by atoms with Crippen LogP contribution >= 0.6 is 7.82 Å². The van der Waals surface area contributed by atoms with E-state index in [1.54, 1.807) is 0 Å². The molecule has 0 bridgehead atoms. The summed E-state index contributed by atoms with van der Waals surface area (Å²) in [5.74, 6) is -0.832. The van der Waals surface area contributed by atoms with Gasteiger partial charge in [0.05, 0.1) is 27.7 Å². The number of phosphoric acid groups is 1. The van der Waals surface area contributed by atoms with Crippen LogP contribution in [0.3, 0.4) is 0 Å². The SMILES string of the molecule is CC/C=C/C/C=C/C/C=C/C/C=C/C/C=C/CCCCCC(=O)O[C@H](COC(=O)CCCCCCCCCCCCCCCCCCCCC)COP(=O)(O)OCC[N+](C)(C)C. The van der Waals surface area contributed by atoms with Crippen LogP contribution in [0.2, 0.25) is 0 Å². The monoisotopic (exact) mass is 893 g/mol. The second-order valence-electron chi connectivity index (χ2n) is 17.8. The van der Waals surface area contributed by atoms with Gasteiger partial charge in [-0.15, -0.1) is 0 Å². The third-order valence-electron chi connectivity index (χ3n) is 10.6.